The molecule has 0 spiro atoms. The van der Waals surface area contributed by atoms with Gasteiger partial charge in [0.1, 0.15) is 0 Å². The van der Waals surface area contributed by atoms with Crippen LogP contribution < -0.4 is 5.32 Å². The molecule has 28 heavy (non-hydrogen) atoms. The largest absolute Gasteiger partial charge is 0.336 e. The van der Waals surface area contributed by atoms with Gasteiger partial charge >= 0.3 is 0 Å². The number of piperazine rings is 1. The van der Waals surface area contributed by atoms with Crippen LogP contribution in [0, 0.1) is 13.8 Å². The summed E-state index contributed by atoms with van der Waals surface area (Å²) in [6.07, 6.45) is 0. The van der Waals surface area contributed by atoms with Crippen LogP contribution in [0.5, 0.6) is 0 Å². The molecule has 0 radical (unpaired) electrons. The van der Waals surface area contributed by atoms with E-state index in [4.69, 9.17) is 23.2 Å². The van der Waals surface area contributed by atoms with Gasteiger partial charge in [0.15, 0.2) is 0 Å². The second kappa shape index (κ2) is 8.95. The maximum absolute atomic E-state index is 12.7. The van der Waals surface area contributed by atoms with Crippen LogP contribution in [0.2, 0.25) is 10.0 Å². The number of nitrogens with one attached hydrogen (secondary N) is 1. The molecule has 1 aliphatic heterocycles. The SMILES string of the molecule is Cc1ccc(C(=O)N2CCN(CC(=O)Nc3cc(Cl)cc(Cl)c3)CC2)cc1C. The number of halogens is 2. The minimum Gasteiger partial charge on any atom is -0.336 e. The molecule has 1 saturated heterocycles. The molecule has 0 bridgehead atoms. The van der Waals surface area contributed by atoms with E-state index in [0.29, 0.717) is 47.5 Å². The smallest absolute Gasteiger partial charge is 0.253 e. The summed E-state index contributed by atoms with van der Waals surface area (Å²) in [7, 11) is 0. The molecule has 148 valence electrons. The number of amides is 2. The first-order valence-electron chi connectivity index (χ1n) is 9.16. The Balaban J connectivity index is 1.51. The number of aryl methyl sites for hydroxylation is 2. The van der Waals surface area contributed by atoms with E-state index in [1.54, 1.807) is 18.2 Å². The molecule has 5 nitrogen and oxygen atoms in total. The fourth-order valence-corrected chi connectivity index (χ4v) is 3.72. The Bertz CT molecular complexity index is 873. The van der Waals surface area contributed by atoms with Crippen LogP contribution in [0.15, 0.2) is 36.4 Å². The van der Waals surface area contributed by atoms with E-state index in [9.17, 15) is 9.59 Å². The van der Waals surface area contributed by atoms with Crippen molar-refractivity contribution in [1.29, 1.82) is 0 Å². The van der Waals surface area contributed by atoms with Crippen molar-refractivity contribution in [2.75, 3.05) is 38.0 Å². The van der Waals surface area contributed by atoms with Gasteiger partial charge in [0, 0.05) is 47.5 Å². The van der Waals surface area contributed by atoms with Crippen molar-refractivity contribution in [3.8, 4) is 0 Å². The molecule has 0 aromatic heterocycles. The van der Waals surface area contributed by atoms with Crippen molar-refractivity contribution in [3.05, 3.63) is 63.1 Å². The number of anilines is 1. The van der Waals surface area contributed by atoms with Gasteiger partial charge in [-0.2, -0.15) is 0 Å². The Kier molecular flexibility index (Phi) is 6.60. The van der Waals surface area contributed by atoms with Gasteiger partial charge < -0.3 is 10.2 Å². The first kappa shape index (κ1) is 20.6. The zero-order chi connectivity index (χ0) is 20.3. The molecule has 0 unspecified atom stereocenters. The maximum Gasteiger partial charge on any atom is 0.253 e. The number of hydrogen-bond acceptors (Lipinski definition) is 3. The fourth-order valence-electron chi connectivity index (χ4n) is 3.20. The Morgan fingerprint density at radius 3 is 2.18 bits per heavy atom. The molecule has 0 aliphatic carbocycles. The van der Waals surface area contributed by atoms with E-state index in [1.807, 2.05) is 41.8 Å². The fraction of sp³-hybridized carbons (Fsp3) is 0.333. The minimum absolute atomic E-state index is 0.0424. The van der Waals surface area contributed by atoms with E-state index < -0.39 is 0 Å². The monoisotopic (exact) mass is 419 g/mol. The summed E-state index contributed by atoms with van der Waals surface area (Å²) in [6.45, 7) is 6.81. The molecular formula is C21H23Cl2N3O2. The van der Waals surface area contributed by atoms with E-state index in [-0.39, 0.29) is 18.4 Å². The van der Waals surface area contributed by atoms with Gasteiger partial charge in [0.25, 0.3) is 5.91 Å². The van der Waals surface area contributed by atoms with Crippen LogP contribution in [0.3, 0.4) is 0 Å². The standard InChI is InChI=1S/C21H23Cl2N3O2/c1-14-3-4-16(9-15(14)2)21(28)26-7-5-25(6-8-26)13-20(27)24-19-11-17(22)10-18(23)12-19/h3-4,9-12H,5-8,13H2,1-2H3,(H,24,27). The zero-order valence-electron chi connectivity index (χ0n) is 16.0. The predicted molar refractivity (Wildman–Crippen MR) is 113 cm³/mol. The predicted octanol–water partition coefficient (Wildman–Crippen LogP) is 4.01. The van der Waals surface area contributed by atoms with E-state index in [0.717, 1.165) is 5.56 Å². The second-order valence-electron chi connectivity index (χ2n) is 7.07. The highest BCUT2D eigenvalue weighted by atomic mass is 35.5. The summed E-state index contributed by atoms with van der Waals surface area (Å²) in [4.78, 5) is 28.9. The third kappa shape index (κ3) is 5.25. The highest BCUT2D eigenvalue weighted by Crippen LogP contribution is 2.22. The number of hydrogen-bond donors (Lipinski definition) is 1. The van der Waals surface area contributed by atoms with Crippen molar-refractivity contribution in [3.63, 3.8) is 0 Å². The average molecular weight is 420 g/mol. The van der Waals surface area contributed by atoms with Crippen LogP contribution in [0.25, 0.3) is 0 Å². The molecule has 1 N–H and O–H groups in total. The minimum atomic E-state index is -0.132. The molecule has 1 aliphatic rings. The second-order valence-corrected chi connectivity index (χ2v) is 7.95. The molecule has 1 heterocycles. The highest BCUT2D eigenvalue weighted by Gasteiger charge is 2.23. The van der Waals surface area contributed by atoms with Crippen LogP contribution >= 0.6 is 23.2 Å². The average Bonchev–Trinajstić information content (AvgIpc) is 2.63. The lowest BCUT2D eigenvalue weighted by Crippen LogP contribution is -2.50. The summed E-state index contributed by atoms with van der Waals surface area (Å²) in [5.41, 5.74) is 3.58. The van der Waals surface area contributed by atoms with Crippen molar-refractivity contribution in [2.45, 2.75) is 13.8 Å². The molecule has 2 amide bonds. The van der Waals surface area contributed by atoms with Crippen LogP contribution in [-0.4, -0.2) is 54.3 Å². The number of carbonyl (C=O) groups excluding carboxylic acids is 2. The van der Waals surface area contributed by atoms with Gasteiger partial charge in [-0.1, -0.05) is 29.3 Å². The van der Waals surface area contributed by atoms with Gasteiger partial charge in [-0.25, -0.2) is 0 Å². The molecule has 0 atom stereocenters. The Morgan fingerprint density at radius 2 is 1.57 bits per heavy atom. The quantitative estimate of drug-likeness (QED) is 0.814. The third-order valence-electron chi connectivity index (χ3n) is 4.93. The highest BCUT2D eigenvalue weighted by molar-refractivity contribution is 6.35. The van der Waals surface area contributed by atoms with Crippen LogP contribution in [0.1, 0.15) is 21.5 Å². The summed E-state index contributed by atoms with van der Waals surface area (Å²) >= 11 is 11.9. The Labute approximate surface area is 175 Å². The maximum atomic E-state index is 12.7. The van der Waals surface area contributed by atoms with Gasteiger partial charge in [0.05, 0.1) is 6.54 Å². The van der Waals surface area contributed by atoms with E-state index >= 15 is 0 Å². The van der Waals surface area contributed by atoms with Gasteiger partial charge in [-0.15, -0.1) is 0 Å². The molecule has 2 aromatic rings. The Hall–Kier alpha value is -2.08. The molecule has 3 rings (SSSR count). The molecule has 7 heteroatoms. The third-order valence-corrected chi connectivity index (χ3v) is 5.36. The van der Waals surface area contributed by atoms with Gasteiger partial charge in [-0.05, 0) is 55.3 Å². The first-order valence-corrected chi connectivity index (χ1v) is 9.92. The van der Waals surface area contributed by atoms with E-state index in [1.165, 1.54) is 5.56 Å². The number of nitrogens with zero attached hydrogens (tertiary/aromatic N) is 2. The van der Waals surface area contributed by atoms with Crippen molar-refractivity contribution >= 4 is 40.7 Å². The number of benzene rings is 2. The topological polar surface area (TPSA) is 52.7 Å². The van der Waals surface area contributed by atoms with Crippen LogP contribution in [0.4, 0.5) is 5.69 Å². The Morgan fingerprint density at radius 1 is 0.929 bits per heavy atom. The normalized spacial score (nSPS) is 14.8. The summed E-state index contributed by atoms with van der Waals surface area (Å²) in [6, 6.07) is 10.7. The lowest BCUT2D eigenvalue weighted by atomic mass is 10.1. The zero-order valence-corrected chi connectivity index (χ0v) is 17.5. The lowest BCUT2D eigenvalue weighted by molar-refractivity contribution is -0.117. The summed E-state index contributed by atoms with van der Waals surface area (Å²) < 4.78 is 0. The molecule has 0 saturated carbocycles. The number of carbonyl (C=O) groups is 2. The first-order chi connectivity index (χ1) is 13.3. The molecule has 1 fully saturated rings. The van der Waals surface area contributed by atoms with Gasteiger partial charge in [-0.3, -0.25) is 14.5 Å². The molecule has 2 aromatic carbocycles. The number of rotatable bonds is 4. The summed E-state index contributed by atoms with van der Waals surface area (Å²) in [5, 5.41) is 3.76. The van der Waals surface area contributed by atoms with Crippen molar-refractivity contribution < 1.29 is 9.59 Å². The van der Waals surface area contributed by atoms with Crippen molar-refractivity contribution in [2.24, 2.45) is 0 Å². The van der Waals surface area contributed by atoms with Gasteiger partial charge in [0.2, 0.25) is 5.91 Å². The van der Waals surface area contributed by atoms with Crippen LogP contribution in [-0.2, 0) is 4.79 Å². The van der Waals surface area contributed by atoms with E-state index in [2.05, 4.69) is 5.32 Å². The van der Waals surface area contributed by atoms with Crippen molar-refractivity contribution in [1.82, 2.24) is 9.80 Å². The lowest BCUT2D eigenvalue weighted by Gasteiger charge is -2.34. The summed E-state index contributed by atoms with van der Waals surface area (Å²) in [5.74, 6) is -0.0898. The molecular weight excluding hydrogens is 397 g/mol.